The first-order valence-corrected chi connectivity index (χ1v) is 5.38. The lowest BCUT2D eigenvalue weighted by Gasteiger charge is -2.11. The molecule has 1 aliphatic heterocycles. The van der Waals surface area contributed by atoms with Crippen molar-refractivity contribution >= 4 is 11.6 Å². The quantitative estimate of drug-likeness (QED) is 0.658. The molecule has 1 amide bonds. The number of rotatable bonds is 2. The summed E-state index contributed by atoms with van der Waals surface area (Å²) >= 11 is 0. The fourth-order valence-electron chi connectivity index (χ4n) is 1.48. The van der Waals surface area contributed by atoms with Crippen molar-refractivity contribution in [2.45, 2.75) is 18.7 Å². The number of epoxide rings is 1. The fraction of sp³-hybridized carbons (Fsp3) is 0.333. The van der Waals surface area contributed by atoms with Crippen molar-refractivity contribution in [2.24, 2.45) is 0 Å². The Morgan fingerprint density at radius 3 is 2.63 bits per heavy atom. The van der Waals surface area contributed by atoms with E-state index >= 15 is 0 Å². The van der Waals surface area contributed by atoms with Gasteiger partial charge in [-0.15, -0.1) is 0 Å². The van der Waals surface area contributed by atoms with E-state index in [0.717, 1.165) is 12.1 Å². The van der Waals surface area contributed by atoms with Crippen molar-refractivity contribution in [1.82, 2.24) is 0 Å². The summed E-state index contributed by atoms with van der Waals surface area (Å²) in [6.07, 6.45) is -4.64. The number of nitrogens with zero attached hydrogens (tertiary/aromatic N) is 1. The highest BCUT2D eigenvalue weighted by molar-refractivity contribution is 5.98. The monoisotopic (exact) mass is 271 g/mol. The van der Waals surface area contributed by atoms with Crippen LogP contribution in [-0.2, 0) is 11.0 Å². The number of nitriles is 1. The van der Waals surface area contributed by atoms with Crippen LogP contribution >= 0.6 is 0 Å². The van der Waals surface area contributed by atoms with Gasteiger partial charge in [0.25, 0.3) is 0 Å². The van der Waals surface area contributed by atoms with E-state index in [2.05, 4.69) is 10.1 Å². The Hall–Kier alpha value is -2.07. The third-order valence-corrected chi connectivity index (χ3v) is 2.82. The van der Waals surface area contributed by atoms with Gasteiger partial charge in [0, 0.05) is 12.6 Å². The van der Waals surface area contributed by atoms with Crippen LogP contribution in [0.4, 0.5) is 18.9 Å². The van der Waals surface area contributed by atoms with Gasteiger partial charge in [-0.3, -0.25) is 4.79 Å². The largest absolute Gasteiger partial charge is 0.417 e. The van der Waals surface area contributed by atoms with E-state index < -0.39 is 28.8 Å². The van der Waals surface area contributed by atoms with Crippen molar-refractivity contribution in [3.63, 3.8) is 0 Å². The molecule has 2 N–H and O–H groups in total. The molecular weight excluding hydrogens is 261 g/mol. The molecule has 100 valence electrons. The molecule has 0 bridgehead atoms. The number of nitrogens with one attached hydrogen (secondary N) is 1. The summed E-state index contributed by atoms with van der Waals surface area (Å²) in [7, 11) is 0. The highest BCUT2D eigenvalue weighted by atomic mass is 19.4. The summed E-state index contributed by atoms with van der Waals surface area (Å²) in [5.41, 5.74) is -2.38. The predicted molar refractivity (Wildman–Crippen MR) is 60.3 cm³/mol. The highest BCUT2D eigenvalue weighted by Gasteiger charge is 2.56. The molecule has 7 heteroatoms. The Morgan fingerprint density at radius 1 is 1.53 bits per heavy atom. The second-order valence-electron chi connectivity index (χ2n) is 4.41. The topological polar surface area (TPSA) is 65.7 Å². The second-order valence-corrected chi connectivity index (χ2v) is 4.41. The van der Waals surface area contributed by atoms with E-state index in [1.165, 1.54) is 12.1 Å². The molecule has 1 atom stereocenters. The molecular formula is C12H10F3N2O2+. The minimum absolute atomic E-state index is 0.000324. The minimum Gasteiger partial charge on any atom is -0.410 e. The Labute approximate surface area is 106 Å². The van der Waals surface area contributed by atoms with Crippen molar-refractivity contribution in [1.29, 1.82) is 5.26 Å². The standard InChI is InChI=1S/C12H9F3N2O2/c1-11(6-19-11)10(18)17-8-3-2-7(5-16)9(4-8)12(13,14)15/h2-4H,6H2,1H3,(H,17,18)/p+1/t11-/m1/s1. The Bertz CT molecular complexity index is 571. The number of carbonyl (C=O) groups excluding carboxylic acids is 1. The normalized spacial score (nSPS) is 21.6. The maximum absolute atomic E-state index is 12.7. The van der Waals surface area contributed by atoms with E-state index in [1.807, 2.05) is 0 Å². The molecule has 0 unspecified atom stereocenters. The zero-order valence-corrected chi connectivity index (χ0v) is 9.88. The summed E-state index contributed by atoms with van der Waals surface area (Å²) in [6.45, 7) is 1.96. The summed E-state index contributed by atoms with van der Waals surface area (Å²) in [5, 5.41) is 11.0. The number of benzene rings is 1. The van der Waals surface area contributed by atoms with Crippen LogP contribution in [0.25, 0.3) is 0 Å². The van der Waals surface area contributed by atoms with Gasteiger partial charge >= 0.3 is 17.7 Å². The average molecular weight is 271 g/mol. The lowest BCUT2D eigenvalue weighted by Crippen LogP contribution is -2.28. The maximum Gasteiger partial charge on any atom is 0.417 e. The zero-order valence-electron chi connectivity index (χ0n) is 9.88. The summed E-state index contributed by atoms with van der Waals surface area (Å²) in [5.74, 6) is -0.453. The van der Waals surface area contributed by atoms with E-state index in [1.54, 1.807) is 6.92 Å². The SMILES string of the molecule is C[C@]1(C(=O)Nc2ccc(C#N)c(C(F)(F)F)c2)C[OH+]1. The van der Waals surface area contributed by atoms with Crippen LogP contribution < -0.4 is 5.32 Å². The molecule has 0 saturated carbocycles. The molecule has 1 aliphatic rings. The number of anilines is 1. The molecule has 1 heterocycles. The maximum atomic E-state index is 12.7. The number of ether oxygens (including phenoxy) is 1. The van der Waals surface area contributed by atoms with Crippen LogP contribution in [-0.4, -0.2) is 22.9 Å². The van der Waals surface area contributed by atoms with E-state index in [0.29, 0.717) is 6.61 Å². The van der Waals surface area contributed by atoms with Crippen molar-refractivity contribution < 1.29 is 22.7 Å². The van der Waals surface area contributed by atoms with Gasteiger partial charge in [-0.2, -0.15) is 18.4 Å². The van der Waals surface area contributed by atoms with E-state index in [-0.39, 0.29) is 5.69 Å². The molecule has 0 spiro atoms. The summed E-state index contributed by atoms with van der Waals surface area (Å²) in [4.78, 5) is 11.7. The Kier molecular flexibility index (Phi) is 2.98. The molecule has 2 rings (SSSR count). The van der Waals surface area contributed by atoms with Crippen LogP contribution in [0.3, 0.4) is 0 Å². The van der Waals surface area contributed by atoms with Gasteiger partial charge in [-0.1, -0.05) is 0 Å². The Balaban J connectivity index is 2.29. The average Bonchev–Trinajstić information content (AvgIpc) is 3.07. The third kappa shape index (κ3) is 2.69. The number of hydrogen-bond donors (Lipinski definition) is 1. The summed E-state index contributed by atoms with van der Waals surface area (Å²) < 4.78 is 42.0. The third-order valence-electron chi connectivity index (χ3n) is 2.82. The van der Waals surface area contributed by atoms with Gasteiger partial charge in [0.2, 0.25) is 6.61 Å². The van der Waals surface area contributed by atoms with E-state index in [4.69, 9.17) is 5.26 Å². The molecule has 4 nitrogen and oxygen atoms in total. The van der Waals surface area contributed by atoms with Crippen LogP contribution in [0.2, 0.25) is 0 Å². The molecule has 0 aliphatic carbocycles. The molecule has 1 saturated heterocycles. The minimum atomic E-state index is -4.64. The lowest BCUT2D eigenvalue weighted by atomic mass is 10.1. The van der Waals surface area contributed by atoms with Crippen LogP contribution in [0.15, 0.2) is 18.2 Å². The number of alkyl halides is 3. The molecule has 0 aromatic heterocycles. The van der Waals surface area contributed by atoms with Gasteiger partial charge in [-0.05, 0) is 18.2 Å². The zero-order chi connectivity index (χ0) is 14.3. The van der Waals surface area contributed by atoms with Crippen molar-refractivity contribution in [2.75, 3.05) is 11.9 Å². The van der Waals surface area contributed by atoms with Gasteiger partial charge in [0.05, 0.1) is 17.2 Å². The molecule has 1 aromatic rings. The summed E-state index contributed by atoms with van der Waals surface area (Å²) in [6, 6.07) is 4.52. The van der Waals surface area contributed by atoms with Crippen molar-refractivity contribution in [3.05, 3.63) is 29.3 Å². The van der Waals surface area contributed by atoms with E-state index in [9.17, 15) is 18.0 Å². The number of amides is 1. The van der Waals surface area contributed by atoms with Gasteiger partial charge < -0.3 is 10.1 Å². The Morgan fingerprint density at radius 2 is 2.16 bits per heavy atom. The fourth-order valence-corrected chi connectivity index (χ4v) is 1.48. The van der Waals surface area contributed by atoms with Crippen molar-refractivity contribution in [3.8, 4) is 6.07 Å². The molecule has 19 heavy (non-hydrogen) atoms. The molecule has 0 radical (unpaired) electrons. The van der Waals surface area contributed by atoms with Gasteiger partial charge in [0.15, 0.2) is 0 Å². The molecule has 1 fully saturated rings. The van der Waals surface area contributed by atoms with Crippen LogP contribution in [0.5, 0.6) is 0 Å². The number of halogens is 3. The van der Waals surface area contributed by atoms with Crippen LogP contribution in [0.1, 0.15) is 18.1 Å². The number of carbonyl (C=O) groups is 1. The second kappa shape index (κ2) is 4.24. The number of aliphatic hydroxyl groups is 2. The van der Waals surface area contributed by atoms with Crippen LogP contribution in [0, 0.1) is 11.3 Å². The first-order valence-electron chi connectivity index (χ1n) is 5.38. The first-order chi connectivity index (χ1) is 8.76. The number of hydrogen-bond acceptors (Lipinski definition) is 2. The lowest BCUT2D eigenvalue weighted by molar-refractivity contribution is -0.137. The van der Waals surface area contributed by atoms with Gasteiger partial charge in [-0.25, -0.2) is 0 Å². The first kappa shape index (κ1) is 13.4. The smallest absolute Gasteiger partial charge is 0.410 e. The highest BCUT2D eigenvalue weighted by Crippen LogP contribution is 2.34. The molecule has 1 aromatic carbocycles. The predicted octanol–water partition coefficient (Wildman–Crippen LogP) is 1.82. The van der Waals surface area contributed by atoms with Gasteiger partial charge in [0.1, 0.15) is 0 Å².